The molecule has 0 fully saturated rings. The lowest BCUT2D eigenvalue weighted by molar-refractivity contribution is -0.131. The number of rotatable bonds is 9. The smallest absolute Gasteiger partial charge is 0.343 e. The number of carbonyl (C=O) groups excluding carboxylic acids is 2. The van der Waals surface area contributed by atoms with Crippen LogP contribution in [0.2, 0.25) is 0 Å². The fraction of sp³-hybridized carbons (Fsp3) is 0.128. The van der Waals surface area contributed by atoms with Gasteiger partial charge in [-0.2, -0.15) is 0 Å². The lowest BCUT2D eigenvalue weighted by Gasteiger charge is -2.10. The van der Waals surface area contributed by atoms with Gasteiger partial charge in [-0.15, -0.1) is 0 Å². The first-order valence-electron chi connectivity index (χ1n) is 14.8. The molecule has 6 rings (SSSR count). The molecule has 0 aliphatic carbocycles. The lowest BCUT2D eigenvalue weighted by Crippen LogP contribution is -1.99. The molecule has 0 saturated heterocycles. The molecule has 0 bridgehead atoms. The summed E-state index contributed by atoms with van der Waals surface area (Å²) in [6.07, 6.45) is 6.96. The fourth-order valence-corrected chi connectivity index (χ4v) is 4.95. The van der Waals surface area contributed by atoms with E-state index in [0.29, 0.717) is 57.0 Å². The highest BCUT2D eigenvalue weighted by molar-refractivity contribution is 6.06. The molecular weight excluding hydrogens is 612 g/mol. The second-order valence-corrected chi connectivity index (χ2v) is 10.3. The minimum atomic E-state index is -0.440. The van der Waals surface area contributed by atoms with Crippen molar-refractivity contribution in [2.45, 2.75) is 0 Å². The molecule has 0 N–H and O–H groups in total. The molecule has 0 aromatic heterocycles. The van der Waals surface area contributed by atoms with E-state index >= 15 is 0 Å². The summed E-state index contributed by atoms with van der Waals surface area (Å²) in [6, 6.07) is 27.8. The molecule has 4 aromatic rings. The van der Waals surface area contributed by atoms with E-state index in [1.54, 1.807) is 84.1 Å². The van der Waals surface area contributed by atoms with Crippen molar-refractivity contribution in [3.63, 3.8) is 0 Å². The summed E-state index contributed by atoms with van der Waals surface area (Å²) in [4.78, 5) is 24.3. The minimum absolute atomic E-state index is 0.347. The highest BCUT2D eigenvalue weighted by Gasteiger charge is 2.25. The monoisotopic (exact) mass is 646 g/mol. The molecule has 9 heteroatoms. The van der Waals surface area contributed by atoms with Crippen LogP contribution in [-0.4, -0.2) is 47.5 Å². The molecule has 0 saturated carbocycles. The maximum absolute atomic E-state index is 12.3. The molecule has 2 heterocycles. The zero-order valence-electron chi connectivity index (χ0n) is 27.1. The van der Waals surface area contributed by atoms with Crippen LogP contribution in [0.15, 0.2) is 114 Å². The molecule has 0 atom stereocenters. The van der Waals surface area contributed by atoms with Gasteiger partial charge in [-0.3, -0.25) is 0 Å². The Hall–Kier alpha value is -6.22. The van der Waals surface area contributed by atoms with Gasteiger partial charge in [-0.1, -0.05) is 48.5 Å². The van der Waals surface area contributed by atoms with Crippen LogP contribution < -0.4 is 23.7 Å². The van der Waals surface area contributed by atoms with Crippen molar-refractivity contribution in [2.24, 2.45) is 0 Å². The van der Waals surface area contributed by atoms with E-state index in [-0.39, 0.29) is 5.97 Å². The third-order valence-electron chi connectivity index (χ3n) is 7.35. The van der Waals surface area contributed by atoms with Crippen LogP contribution in [-0.2, 0) is 19.1 Å². The van der Waals surface area contributed by atoms with E-state index in [0.717, 1.165) is 16.7 Å². The summed E-state index contributed by atoms with van der Waals surface area (Å²) in [6.45, 7) is 0. The van der Waals surface area contributed by atoms with Crippen molar-refractivity contribution in [3.8, 4) is 28.7 Å². The third-order valence-corrected chi connectivity index (χ3v) is 7.35. The van der Waals surface area contributed by atoms with E-state index in [2.05, 4.69) is 0 Å². The molecular formula is C39H34O9. The number of esters is 2. The number of hydrogen-bond donors (Lipinski definition) is 0. The highest BCUT2D eigenvalue weighted by atomic mass is 16.5. The van der Waals surface area contributed by atoms with Crippen molar-refractivity contribution >= 4 is 35.6 Å². The molecule has 0 spiro atoms. The Morgan fingerprint density at radius 1 is 0.479 bits per heavy atom. The van der Waals surface area contributed by atoms with Crippen molar-refractivity contribution in [1.29, 1.82) is 0 Å². The van der Waals surface area contributed by atoms with Crippen molar-refractivity contribution in [1.82, 2.24) is 0 Å². The first-order chi connectivity index (χ1) is 23.4. The van der Waals surface area contributed by atoms with Gasteiger partial charge in [-0.05, 0) is 77.9 Å². The summed E-state index contributed by atoms with van der Waals surface area (Å²) in [5, 5.41) is 0. The van der Waals surface area contributed by atoms with E-state index in [9.17, 15) is 9.59 Å². The average Bonchev–Trinajstić information content (AvgIpc) is 3.68. The Bertz CT molecular complexity index is 1930. The van der Waals surface area contributed by atoms with E-state index in [4.69, 9.17) is 33.2 Å². The molecule has 4 aromatic carbocycles. The minimum Gasteiger partial charge on any atom is -0.497 e. The van der Waals surface area contributed by atoms with Gasteiger partial charge >= 0.3 is 11.9 Å². The van der Waals surface area contributed by atoms with Gasteiger partial charge in [0.05, 0.1) is 57.8 Å². The van der Waals surface area contributed by atoms with Gasteiger partial charge in [0.15, 0.2) is 11.5 Å². The zero-order chi connectivity index (χ0) is 34.0. The van der Waals surface area contributed by atoms with Crippen LogP contribution >= 0.6 is 0 Å². The Balaban J connectivity index is 0.000000194. The molecule has 48 heavy (non-hydrogen) atoms. The Labute approximate surface area is 278 Å². The normalized spacial score (nSPS) is 15.1. The van der Waals surface area contributed by atoms with E-state index in [1.165, 1.54) is 0 Å². The summed E-state index contributed by atoms with van der Waals surface area (Å²) in [5.74, 6) is 3.23. The summed E-state index contributed by atoms with van der Waals surface area (Å²) >= 11 is 0. The molecule has 0 amide bonds. The summed E-state index contributed by atoms with van der Waals surface area (Å²) < 4.78 is 37.2. The van der Waals surface area contributed by atoms with Crippen LogP contribution in [0.4, 0.5) is 0 Å². The predicted molar refractivity (Wildman–Crippen MR) is 183 cm³/mol. The largest absolute Gasteiger partial charge is 0.497 e. The number of para-hydroxylation sites is 1. The highest BCUT2D eigenvalue weighted by Crippen LogP contribution is 2.36. The number of hydrogen-bond acceptors (Lipinski definition) is 9. The first-order valence-corrected chi connectivity index (χ1v) is 14.8. The second kappa shape index (κ2) is 15.4. The number of ether oxygens (including phenoxy) is 7. The quantitative estimate of drug-likeness (QED) is 0.136. The van der Waals surface area contributed by atoms with Crippen LogP contribution in [0.25, 0.3) is 23.7 Å². The number of benzene rings is 4. The molecule has 244 valence electrons. The van der Waals surface area contributed by atoms with Gasteiger partial charge in [0.25, 0.3) is 0 Å². The van der Waals surface area contributed by atoms with E-state index in [1.807, 2.05) is 66.7 Å². The second-order valence-electron chi connectivity index (χ2n) is 10.3. The van der Waals surface area contributed by atoms with Gasteiger partial charge in [0.2, 0.25) is 0 Å². The molecule has 0 unspecified atom stereocenters. The SMILES string of the molecule is COc1ccc(OC)c(C2=C/C(=C/c3ccc(OC)c(OC)c3)C(=O)O2)c1.COc1ccccc1C1=C/C(=C/c2ccccc2)C(=O)O1. The Morgan fingerprint density at radius 3 is 1.65 bits per heavy atom. The maximum atomic E-state index is 12.3. The number of carbonyl (C=O) groups is 2. The van der Waals surface area contributed by atoms with Gasteiger partial charge < -0.3 is 33.2 Å². The average molecular weight is 647 g/mol. The third kappa shape index (κ3) is 7.59. The van der Waals surface area contributed by atoms with Gasteiger partial charge in [0, 0.05) is 0 Å². The standard InChI is InChI=1S/C21H20O6.C18H14O3/c1-23-15-6-8-17(24-2)16(12-15)19-11-14(21(22)27-19)9-13-5-7-18(25-3)20(10-13)26-4;1-20-16-10-6-5-9-15(16)17-12-14(18(19)21-17)11-13-7-3-2-4-8-13/h5-12H,1-4H3;2-12H,1H3/b14-9-;14-11-. The van der Waals surface area contributed by atoms with Crippen LogP contribution in [0.5, 0.6) is 28.7 Å². The van der Waals surface area contributed by atoms with Crippen molar-refractivity contribution in [3.05, 3.63) is 137 Å². The lowest BCUT2D eigenvalue weighted by atomic mass is 10.1. The Morgan fingerprint density at radius 2 is 1.02 bits per heavy atom. The molecule has 0 radical (unpaired) electrons. The van der Waals surface area contributed by atoms with Crippen LogP contribution in [0.3, 0.4) is 0 Å². The van der Waals surface area contributed by atoms with Crippen molar-refractivity contribution < 1.29 is 42.7 Å². The molecule has 2 aliphatic rings. The van der Waals surface area contributed by atoms with Crippen molar-refractivity contribution in [2.75, 3.05) is 35.5 Å². The zero-order valence-corrected chi connectivity index (χ0v) is 27.1. The molecule has 2 aliphatic heterocycles. The topological polar surface area (TPSA) is 98.8 Å². The first kappa shape index (κ1) is 33.2. The summed E-state index contributed by atoms with van der Waals surface area (Å²) in [5.41, 5.74) is 4.10. The fourth-order valence-electron chi connectivity index (χ4n) is 4.95. The maximum Gasteiger partial charge on any atom is 0.343 e. The predicted octanol–water partition coefficient (Wildman–Crippen LogP) is 7.38. The van der Waals surface area contributed by atoms with E-state index < -0.39 is 5.97 Å². The van der Waals surface area contributed by atoms with Gasteiger partial charge in [-0.25, -0.2) is 9.59 Å². The summed E-state index contributed by atoms with van der Waals surface area (Å²) in [7, 11) is 7.86. The molecule has 9 nitrogen and oxygen atoms in total. The number of methoxy groups -OCH3 is 5. The van der Waals surface area contributed by atoms with Crippen LogP contribution in [0, 0.1) is 0 Å². The van der Waals surface area contributed by atoms with Gasteiger partial charge in [0.1, 0.15) is 28.8 Å². The van der Waals surface area contributed by atoms with Crippen LogP contribution in [0.1, 0.15) is 22.3 Å². The number of cyclic esters (lactones) is 2. The Kier molecular flexibility index (Phi) is 10.6.